The highest BCUT2D eigenvalue weighted by Gasteiger charge is 2.19. The minimum absolute atomic E-state index is 0.177. The van der Waals surface area contributed by atoms with Gasteiger partial charge in [-0.25, -0.2) is 0 Å². The molecular formula is C19H20O3. The number of rotatable bonds is 7. The highest BCUT2D eigenvalue weighted by Crippen LogP contribution is 2.14. The zero-order valence-corrected chi connectivity index (χ0v) is 12.7. The number of hydrogen-bond acceptors (Lipinski definition) is 3. The second-order valence-corrected chi connectivity index (χ2v) is 5.19. The predicted molar refractivity (Wildman–Crippen MR) is 85.7 cm³/mol. The third-order valence-electron chi connectivity index (χ3n) is 3.59. The van der Waals surface area contributed by atoms with E-state index >= 15 is 0 Å². The van der Waals surface area contributed by atoms with Crippen LogP contribution in [0.1, 0.15) is 29.3 Å². The van der Waals surface area contributed by atoms with E-state index in [0.717, 1.165) is 5.56 Å². The molecule has 0 heterocycles. The Balaban J connectivity index is 1.88. The number of hydrogen-bond donors (Lipinski definition) is 0. The molecule has 0 saturated heterocycles. The normalized spacial score (nSPS) is 11.7. The summed E-state index contributed by atoms with van der Waals surface area (Å²) < 4.78 is 5.19. The number of ether oxygens (including phenoxy) is 1. The van der Waals surface area contributed by atoms with E-state index in [1.807, 2.05) is 43.3 Å². The molecule has 0 fully saturated rings. The Labute approximate surface area is 130 Å². The van der Waals surface area contributed by atoms with Crippen LogP contribution in [0.25, 0.3) is 0 Å². The van der Waals surface area contributed by atoms with E-state index in [9.17, 15) is 9.59 Å². The Hall–Kier alpha value is -2.42. The van der Waals surface area contributed by atoms with Gasteiger partial charge < -0.3 is 4.74 Å². The van der Waals surface area contributed by atoms with Crippen molar-refractivity contribution in [2.75, 3.05) is 6.61 Å². The summed E-state index contributed by atoms with van der Waals surface area (Å²) in [7, 11) is 0. The first-order valence-electron chi connectivity index (χ1n) is 7.49. The molecule has 0 saturated carbocycles. The van der Waals surface area contributed by atoms with Crippen molar-refractivity contribution in [3.63, 3.8) is 0 Å². The van der Waals surface area contributed by atoms with Crippen LogP contribution < -0.4 is 0 Å². The van der Waals surface area contributed by atoms with Gasteiger partial charge in [-0.1, -0.05) is 67.6 Å². The summed E-state index contributed by atoms with van der Waals surface area (Å²) in [5.41, 5.74) is 1.66. The number of ketones is 1. The lowest BCUT2D eigenvalue weighted by molar-refractivity contribution is -0.147. The standard InChI is InChI=1S/C19H20O3/c1-2-16(13-15-9-5-3-6-10-15)19(21)22-14-18(20)17-11-7-4-8-12-17/h3-12,16H,2,13-14H2,1H3/t16-/m0/s1. The van der Waals surface area contributed by atoms with Crippen molar-refractivity contribution in [2.45, 2.75) is 19.8 Å². The minimum atomic E-state index is -0.310. The third-order valence-corrected chi connectivity index (χ3v) is 3.59. The fourth-order valence-electron chi connectivity index (χ4n) is 2.25. The summed E-state index contributed by atoms with van der Waals surface area (Å²) in [6.45, 7) is 1.75. The van der Waals surface area contributed by atoms with Gasteiger partial charge in [0.15, 0.2) is 12.4 Å². The van der Waals surface area contributed by atoms with Gasteiger partial charge in [0.05, 0.1) is 5.92 Å². The number of Topliss-reactive ketones (excluding diaryl/α,β-unsaturated/α-hetero) is 1. The monoisotopic (exact) mass is 296 g/mol. The number of benzene rings is 2. The van der Waals surface area contributed by atoms with E-state index in [1.54, 1.807) is 24.3 Å². The second-order valence-electron chi connectivity index (χ2n) is 5.19. The van der Waals surface area contributed by atoms with Crippen LogP contribution in [0.3, 0.4) is 0 Å². The van der Waals surface area contributed by atoms with Gasteiger partial charge in [0.2, 0.25) is 0 Å². The summed E-state index contributed by atoms with van der Waals surface area (Å²) in [6.07, 6.45) is 1.32. The van der Waals surface area contributed by atoms with E-state index in [4.69, 9.17) is 4.74 Å². The molecule has 3 heteroatoms. The number of carbonyl (C=O) groups excluding carboxylic acids is 2. The van der Waals surface area contributed by atoms with Crippen molar-refractivity contribution >= 4 is 11.8 Å². The van der Waals surface area contributed by atoms with Crippen molar-refractivity contribution in [1.82, 2.24) is 0 Å². The molecular weight excluding hydrogens is 276 g/mol. The molecule has 0 bridgehead atoms. The van der Waals surface area contributed by atoms with Gasteiger partial charge in [-0.2, -0.15) is 0 Å². The fourth-order valence-corrected chi connectivity index (χ4v) is 2.25. The summed E-state index contributed by atoms with van der Waals surface area (Å²) in [4.78, 5) is 24.1. The first kappa shape index (κ1) is 16.0. The summed E-state index contributed by atoms with van der Waals surface area (Å²) in [5, 5.41) is 0. The van der Waals surface area contributed by atoms with Crippen LogP contribution in [0.4, 0.5) is 0 Å². The predicted octanol–water partition coefficient (Wildman–Crippen LogP) is 3.68. The molecule has 2 rings (SSSR count). The van der Waals surface area contributed by atoms with E-state index in [0.29, 0.717) is 18.4 Å². The van der Waals surface area contributed by atoms with Gasteiger partial charge >= 0.3 is 5.97 Å². The maximum absolute atomic E-state index is 12.1. The zero-order chi connectivity index (χ0) is 15.8. The molecule has 0 amide bonds. The molecule has 0 aromatic heterocycles. The lowest BCUT2D eigenvalue weighted by atomic mass is 9.97. The van der Waals surface area contributed by atoms with Crippen molar-refractivity contribution in [1.29, 1.82) is 0 Å². The molecule has 0 radical (unpaired) electrons. The number of carbonyl (C=O) groups is 2. The topological polar surface area (TPSA) is 43.4 Å². The first-order chi connectivity index (χ1) is 10.7. The SMILES string of the molecule is CC[C@@H](Cc1ccccc1)C(=O)OCC(=O)c1ccccc1. The average molecular weight is 296 g/mol. The molecule has 22 heavy (non-hydrogen) atoms. The molecule has 0 unspecified atom stereocenters. The van der Waals surface area contributed by atoms with Crippen LogP contribution >= 0.6 is 0 Å². The second kappa shape index (κ2) is 8.13. The maximum atomic E-state index is 12.1. The molecule has 0 aliphatic rings. The maximum Gasteiger partial charge on any atom is 0.309 e. The van der Waals surface area contributed by atoms with Gasteiger partial charge in [0.1, 0.15) is 0 Å². The van der Waals surface area contributed by atoms with E-state index < -0.39 is 0 Å². The Kier molecular flexibility index (Phi) is 5.90. The lowest BCUT2D eigenvalue weighted by Gasteiger charge is -2.14. The summed E-state index contributed by atoms with van der Waals surface area (Å²) >= 11 is 0. The van der Waals surface area contributed by atoms with Crippen LogP contribution in [0.5, 0.6) is 0 Å². The smallest absolute Gasteiger partial charge is 0.309 e. The molecule has 0 spiro atoms. The molecule has 0 aliphatic carbocycles. The minimum Gasteiger partial charge on any atom is -0.457 e. The number of esters is 1. The highest BCUT2D eigenvalue weighted by atomic mass is 16.5. The quantitative estimate of drug-likeness (QED) is 0.578. The Bertz CT molecular complexity index is 605. The first-order valence-corrected chi connectivity index (χ1v) is 7.49. The largest absolute Gasteiger partial charge is 0.457 e. The van der Waals surface area contributed by atoms with Crippen LogP contribution in [0.15, 0.2) is 60.7 Å². The molecule has 0 N–H and O–H groups in total. The third kappa shape index (κ3) is 4.55. The molecule has 2 aromatic carbocycles. The Morgan fingerprint density at radius 3 is 2.14 bits per heavy atom. The van der Waals surface area contributed by atoms with E-state index in [2.05, 4.69) is 0 Å². The van der Waals surface area contributed by atoms with Crippen molar-refractivity contribution in [3.05, 3.63) is 71.8 Å². The van der Waals surface area contributed by atoms with Crippen LogP contribution in [-0.2, 0) is 16.0 Å². The highest BCUT2D eigenvalue weighted by molar-refractivity contribution is 5.97. The van der Waals surface area contributed by atoms with Crippen LogP contribution in [0, 0.1) is 5.92 Å². The van der Waals surface area contributed by atoms with Crippen LogP contribution in [-0.4, -0.2) is 18.4 Å². The Morgan fingerprint density at radius 1 is 0.955 bits per heavy atom. The van der Waals surface area contributed by atoms with Gasteiger partial charge in [-0.05, 0) is 18.4 Å². The van der Waals surface area contributed by atoms with E-state index in [-0.39, 0.29) is 24.3 Å². The lowest BCUT2D eigenvalue weighted by Crippen LogP contribution is -2.22. The van der Waals surface area contributed by atoms with Gasteiger partial charge in [0, 0.05) is 5.56 Å². The van der Waals surface area contributed by atoms with Gasteiger partial charge in [0.25, 0.3) is 0 Å². The summed E-state index contributed by atoms with van der Waals surface area (Å²) in [5.74, 6) is -0.704. The van der Waals surface area contributed by atoms with Gasteiger partial charge in [-0.3, -0.25) is 9.59 Å². The zero-order valence-electron chi connectivity index (χ0n) is 12.7. The van der Waals surface area contributed by atoms with Crippen molar-refractivity contribution in [3.8, 4) is 0 Å². The Morgan fingerprint density at radius 2 is 1.55 bits per heavy atom. The molecule has 3 nitrogen and oxygen atoms in total. The molecule has 0 aliphatic heterocycles. The molecule has 2 aromatic rings. The van der Waals surface area contributed by atoms with Crippen molar-refractivity contribution in [2.24, 2.45) is 5.92 Å². The molecule has 114 valence electrons. The summed E-state index contributed by atoms with van der Waals surface area (Å²) in [6, 6.07) is 18.7. The fraction of sp³-hybridized carbons (Fsp3) is 0.263. The molecule has 1 atom stereocenters. The van der Waals surface area contributed by atoms with Crippen LogP contribution in [0.2, 0.25) is 0 Å². The average Bonchev–Trinajstić information content (AvgIpc) is 2.59. The van der Waals surface area contributed by atoms with E-state index in [1.165, 1.54) is 0 Å². The van der Waals surface area contributed by atoms with Crippen molar-refractivity contribution < 1.29 is 14.3 Å². The van der Waals surface area contributed by atoms with Gasteiger partial charge in [-0.15, -0.1) is 0 Å².